The highest BCUT2D eigenvalue weighted by atomic mass is 35.5. The molecule has 7 heteroatoms. The number of halogens is 1. The van der Waals surface area contributed by atoms with Crippen molar-refractivity contribution in [3.05, 3.63) is 22.4 Å². The summed E-state index contributed by atoms with van der Waals surface area (Å²) >= 11 is 1.64. The summed E-state index contributed by atoms with van der Waals surface area (Å²) in [6.07, 6.45) is 0.125. The third-order valence-electron chi connectivity index (χ3n) is 3.53. The van der Waals surface area contributed by atoms with Crippen LogP contribution in [0.1, 0.15) is 25.0 Å². The molecule has 2 rings (SSSR count). The van der Waals surface area contributed by atoms with Gasteiger partial charge in [-0.1, -0.05) is 0 Å². The summed E-state index contributed by atoms with van der Waals surface area (Å²) in [4.78, 5) is 14.2. The Balaban J connectivity index is 0.00000220. The van der Waals surface area contributed by atoms with Crippen molar-refractivity contribution < 1.29 is 14.3 Å². The number of nitrogens with zero attached hydrogens (tertiary/aromatic N) is 1. The molecule has 5 nitrogen and oxygen atoms in total. The van der Waals surface area contributed by atoms with Gasteiger partial charge in [0.25, 0.3) is 0 Å². The first-order chi connectivity index (χ1) is 9.63. The number of nitrogens with two attached hydrogens (primary N) is 1. The fourth-order valence-corrected chi connectivity index (χ4v) is 3.09. The molecule has 120 valence electrons. The number of thiophene rings is 1. The summed E-state index contributed by atoms with van der Waals surface area (Å²) in [7, 11) is 1.58. The van der Waals surface area contributed by atoms with Gasteiger partial charge in [-0.2, -0.15) is 11.3 Å². The lowest BCUT2D eigenvalue weighted by Gasteiger charge is -2.37. The van der Waals surface area contributed by atoms with Gasteiger partial charge < -0.3 is 20.1 Å². The molecule has 0 spiro atoms. The average Bonchev–Trinajstić information content (AvgIpc) is 2.98. The van der Waals surface area contributed by atoms with Crippen molar-refractivity contribution in [2.45, 2.75) is 31.7 Å². The van der Waals surface area contributed by atoms with E-state index >= 15 is 0 Å². The Labute approximate surface area is 135 Å². The Bertz CT molecular complexity index is 426. The van der Waals surface area contributed by atoms with Gasteiger partial charge in [0, 0.05) is 20.2 Å². The average molecular weight is 335 g/mol. The summed E-state index contributed by atoms with van der Waals surface area (Å²) in [5.74, 6) is 0.0812. The highest BCUT2D eigenvalue weighted by molar-refractivity contribution is 7.07. The van der Waals surface area contributed by atoms with Gasteiger partial charge in [-0.15, -0.1) is 12.4 Å². The molecule has 1 aromatic rings. The molecule has 0 radical (unpaired) electrons. The van der Waals surface area contributed by atoms with Crippen molar-refractivity contribution in [2.24, 2.45) is 5.73 Å². The minimum atomic E-state index is -0.208. The zero-order chi connectivity index (χ0) is 14.5. The van der Waals surface area contributed by atoms with Crippen LogP contribution in [0.3, 0.4) is 0 Å². The molecule has 1 aliphatic heterocycles. The number of morpholine rings is 1. The van der Waals surface area contributed by atoms with E-state index in [1.807, 2.05) is 23.3 Å². The smallest absolute Gasteiger partial charge is 0.225 e. The first-order valence-electron chi connectivity index (χ1n) is 6.82. The molecule has 1 amide bonds. The molecule has 1 fully saturated rings. The number of rotatable bonds is 5. The van der Waals surface area contributed by atoms with Crippen molar-refractivity contribution >= 4 is 29.7 Å². The largest absolute Gasteiger partial charge is 0.380 e. The second kappa shape index (κ2) is 8.70. The summed E-state index contributed by atoms with van der Waals surface area (Å²) in [6.45, 7) is 3.58. The third kappa shape index (κ3) is 4.93. The molecule has 3 atom stereocenters. The van der Waals surface area contributed by atoms with E-state index in [1.54, 1.807) is 18.4 Å². The minimum absolute atomic E-state index is 0. The summed E-state index contributed by atoms with van der Waals surface area (Å²) in [5, 5.41) is 4.10. The van der Waals surface area contributed by atoms with Gasteiger partial charge in [-0.05, 0) is 29.3 Å². The van der Waals surface area contributed by atoms with Gasteiger partial charge in [0.15, 0.2) is 0 Å². The highest BCUT2D eigenvalue weighted by Crippen LogP contribution is 2.27. The minimum Gasteiger partial charge on any atom is -0.380 e. The highest BCUT2D eigenvalue weighted by Gasteiger charge is 2.30. The Morgan fingerprint density at radius 1 is 1.62 bits per heavy atom. The Hall–Kier alpha value is -0.660. The summed E-state index contributed by atoms with van der Waals surface area (Å²) in [6, 6.07) is 2.05. The van der Waals surface area contributed by atoms with E-state index in [-0.39, 0.29) is 36.6 Å². The first-order valence-corrected chi connectivity index (χ1v) is 7.76. The molecule has 0 aliphatic carbocycles. The van der Waals surface area contributed by atoms with E-state index in [0.717, 1.165) is 5.56 Å². The van der Waals surface area contributed by atoms with E-state index in [9.17, 15) is 4.79 Å². The monoisotopic (exact) mass is 334 g/mol. The van der Waals surface area contributed by atoms with Gasteiger partial charge in [0.2, 0.25) is 5.91 Å². The van der Waals surface area contributed by atoms with Crippen LogP contribution in [0.4, 0.5) is 0 Å². The van der Waals surface area contributed by atoms with Crippen molar-refractivity contribution in [1.82, 2.24) is 4.90 Å². The molecule has 0 saturated carbocycles. The molecular weight excluding hydrogens is 312 g/mol. The first kappa shape index (κ1) is 18.4. The second-order valence-corrected chi connectivity index (χ2v) is 5.87. The number of methoxy groups -OCH3 is 1. The standard InChI is InChI=1S/C14H22N2O3S.ClH/c1-10-7-16(14(17)5-12(6-15)18-2)8-13(19-10)11-3-4-20-9-11;/h3-4,9-10,12-13H,5-8,15H2,1-2H3;1H. The lowest BCUT2D eigenvalue weighted by atomic mass is 10.1. The summed E-state index contributed by atoms with van der Waals surface area (Å²) < 4.78 is 11.1. The third-order valence-corrected chi connectivity index (χ3v) is 4.23. The number of ether oxygens (including phenoxy) is 2. The zero-order valence-corrected chi connectivity index (χ0v) is 14.0. The number of amides is 1. The molecule has 3 unspecified atom stereocenters. The quantitative estimate of drug-likeness (QED) is 0.892. The molecule has 2 heterocycles. The van der Waals surface area contributed by atoms with Gasteiger partial charge >= 0.3 is 0 Å². The van der Waals surface area contributed by atoms with E-state index in [2.05, 4.69) is 5.38 Å². The second-order valence-electron chi connectivity index (χ2n) is 5.09. The molecule has 21 heavy (non-hydrogen) atoms. The Morgan fingerprint density at radius 3 is 2.95 bits per heavy atom. The Morgan fingerprint density at radius 2 is 2.38 bits per heavy atom. The molecule has 1 aliphatic rings. The van der Waals surface area contributed by atoms with Crippen molar-refractivity contribution in [1.29, 1.82) is 0 Å². The maximum atomic E-state index is 12.3. The number of carbonyl (C=O) groups is 1. The lowest BCUT2D eigenvalue weighted by Crippen LogP contribution is -2.47. The van der Waals surface area contributed by atoms with Crippen LogP contribution in [0.2, 0.25) is 0 Å². The van der Waals surface area contributed by atoms with Crippen molar-refractivity contribution in [3.63, 3.8) is 0 Å². The molecule has 0 aromatic carbocycles. The predicted octanol–water partition coefficient (Wildman–Crippen LogP) is 1.82. The van der Waals surface area contributed by atoms with Crippen LogP contribution in [0, 0.1) is 0 Å². The van der Waals surface area contributed by atoms with Crippen LogP contribution in [0.5, 0.6) is 0 Å². The molecule has 1 aromatic heterocycles. The molecule has 1 saturated heterocycles. The van der Waals surface area contributed by atoms with Gasteiger partial charge in [-0.3, -0.25) is 4.79 Å². The zero-order valence-electron chi connectivity index (χ0n) is 12.4. The maximum Gasteiger partial charge on any atom is 0.225 e. The number of hydrogen-bond donors (Lipinski definition) is 1. The molecular formula is C14H23ClN2O3S. The SMILES string of the molecule is COC(CN)CC(=O)N1CC(C)OC(c2ccsc2)C1.Cl. The van der Waals surface area contributed by atoms with Crippen molar-refractivity contribution in [2.75, 3.05) is 26.7 Å². The Kier molecular flexibility index (Phi) is 7.62. The number of hydrogen-bond acceptors (Lipinski definition) is 5. The topological polar surface area (TPSA) is 64.8 Å². The van der Waals surface area contributed by atoms with Crippen molar-refractivity contribution in [3.8, 4) is 0 Å². The van der Waals surface area contributed by atoms with E-state index in [4.69, 9.17) is 15.2 Å². The molecule has 2 N–H and O–H groups in total. The van der Waals surface area contributed by atoms with E-state index in [0.29, 0.717) is 26.1 Å². The van der Waals surface area contributed by atoms with Crippen LogP contribution < -0.4 is 5.73 Å². The fourth-order valence-electron chi connectivity index (χ4n) is 2.38. The van der Waals surface area contributed by atoms with Crippen LogP contribution in [0.25, 0.3) is 0 Å². The van der Waals surface area contributed by atoms with Crippen LogP contribution in [0.15, 0.2) is 16.8 Å². The summed E-state index contributed by atoms with van der Waals surface area (Å²) in [5.41, 5.74) is 6.71. The molecule has 0 bridgehead atoms. The lowest BCUT2D eigenvalue weighted by molar-refractivity contribution is -0.147. The predicted molar refractivity (Wildman–Crippen MR) is 85.9 cm³/mol. The van der Waals surface area contributed by atoms with E-state index < -0.39 is 0 Å². The van der Waals surface area contributed by atoms with Gasteiger partial charge in [-0.25, -0.2) is 0 Å². The van der Waals surface area contributed by atoms with Gasteiger partial charge in [0.1, 0.15) is 6.10 Å². The maximum absolute atomic E-state index is 12.3. The van der Waals surface area contributed by atoms with Crippen LogP contribution in [-0.4, -0.2) is 49.8 Å². The van der Waals surface area contributed by atoms with Crippen LogP contribution >= 0.6 is 23.7 Å². The fraction of sp³-hybridized carbons (Fsp3) is 0.643. The van der Waals surface area contributed by atoms with E-state index in [1.165, 1.54) is 0 Å². The normalized spacial score (nSPS) is 23.5. The van der Waals surface area contributed by atoms with Gasteiger partial charge in [0.05, 0.1) is 25.2 Å². The number of carbonyl (C=O) groups excluding carboxylic acids is 1. The van der Waals surface area contributed by atoms with Crippen LogP contribution in [-0.2, 0) is 14.3 Å².